The van der Waals surface area contributed by atoms with Crippen molar-refractivity contribution in [1.82, 2.24) is 9.99 Å². The fourth-order valence-corrected chi connectivity index (χ4v) is 5.94. The van der Waals surface area contributed by atoms with E-state index in [0.29, 0.717) is 15.1 Å². The zero-order chi connectivity index (χ0) is 27.4. The number of halogens is 3. The van der Waals surface area contributed by atoms with Crippen molar-refractivity contribution in [3.63, 3.8) is 0 Å². The maximum atomic E-state index is 13.4. The van der Waals surface area contributed by atoms with E-state index in [1.807, 2.05) is 24.5 Å². The van der Waals surface area contributed by atoms with Gasteiger partial charge in [-0.1, -0.05) is 59.1 Å². The number of hydrogen-bond acceptors (Lipinski definition) is 4. The van der Waals surface area contributed by atoms with Crippen LogP contribution in [0.15, 0.2) is 88.9 Å². The maximum absolute atomic E-state index is 13.4. The first-order valence-corrected chi connectivity index (χ1v) is 13.9. The smallest absolute Gasteiger partial charge is 0.264 e. The lowest BCUT2D eigenvalue weighted by atomic mass is 10.2. The Labute approximate surface area is 236 Å². The van der Waals surface area contributed by atoms with Crippen molar-refractivity contribution in [2.75, 3.05) is 10.8 Å². The van der Waals surface area contributed by atoms with E-state index in [9.17, 15) is 13.2 Å². The molecule has 0 saturated heterocycles. The number of carbonyl (C=O) groups excluding carboxylic acids is 1. The first kappa shape index (κ1) is 27.7. The molecule has 0 aliphatic carbocycles. The SMILES string of the molecule is Cc1cc(/C=N/NC(=O)CN(c2cccc(Cl)c2)S(=O)(=O)c2ccccc2)c(C)n1-c1cc(Cl)ccc1Cl. The molecular formula is C27H23Cl3N4O3S. The molecule has 0 unspecified atom stereocenters. The van der Waals surface area contributed by atoms with E-state index >= 15 is 0 Å². The molecule has 196 valence electrons. The standard InChI is InChI=1S/C27H23Cl3N4O3S/c1-18-13-20(19(2)34(18)26-15-22(29)11-12-25(26)30)16-31-32-27(35)17-33(23-8-6-7-21(28)14-23)38(36,37)24-9-4-3-5-10-24/h3-16H,17H2,1-2H3,(H,32,35)/b31-16+. The number of benzene rings is 3. The van der Waals surface area contributed by atoms with Gasteiger partial charge in [0.1, 0.15) is 6.54 Å². The van der Waals surface area contributed by atoms with E-state index in [1.54, 1.807) is 54.6 Å². The Morgan fingerprint density at radius 2 is 1.66 bits per heavy atom. The average Bonchev–Trinajstić information content (AvgIpc) is 3.17. The lowest BCUT2D eigenvalue weighted by molar-refractivity contribution is -0.119. The summed E-state index contributed by atoms with van der Waals surface area (Å²) >= 11 is 18.7. The Hall–Kier alpha value is -3.30. The van der Waals surface area contributed by atoms with Gasteiger partial charge in [0.15, 0.2) is 0 Å². The van der Waals surface area contributed by atoms with E-state index in [1.165, 1.54) is 24.4 Å². The molecule has 11 heteroatoms. The Morgan fingerprint density at radius 3 is 2.37 bits per heavy atom. The molecule has 0 fully saturated rings. The molecule has 0 spiro atoms. The minimum absolute atomic E-state index is 0.0448. The second kappa shape index (κ2) is 11.6. The van der Waals surface area contributed by atoms with Crippen molar-refractivity contribution in [3.05, 3.63) is 111 Å². The van der Waals surface area contributed by atoms with Crippen molar-refractivity contribution < 1.29 is 13.2 Å². The van der Waals surface area contributed by atoms with Gasteiger partial charge < -0.3 is 4.57 Å². The van der Waals surface area contributed by atoms with Gasteiger partial charge >= 0.3 is 0 Å². The zero-order valence-corrected chi connectivity index (χ0v) is 23.5. The topological polar surface area (TPSA) is 83.8 Å². The van der Waals surface area contributed by atoms with Crippen LogP contribution in [-0.4, -0.2) is 31.7 Å². The van der Waals surface area contributed by atoms with Crippen LogP contribution in [-0.2, 0) is 14.8 Å². The Bertz CT molecular complexity index is 1620. The van der Waals surface area contributed by atoms with Crippen LogP contribution in [0.2, 0.25) is 15.1 Å². The summed E-state index contributed by atoms with van der Waals surface area (Å²) in [7, 11) is -4.06. The Morgan fingerprint density at radius 1 is 0.947 bits per heavy atom. The molecule has 0 radical (unpaired) electrons. The summed E-state index contributed by atoms with van der Waals surface area (Å²) in [5.74, 6) is -0.632. The third-order valence-corrected chi connectivity index (χ3v) is 8.30. The number of carbonyl (C=O) groups is 1. The minimum atomic E-state index is -4.06. The van der Waals surface area contributed by atoms with E-state index in [-0.39, 0.29) is 10.6 Å². The highest BCUT2D eigenvalue weighted by Gasteiger charge is 2.27. The molecule has 0 saturated carbocycles. The van der Waals surface area contributed by atoms with Crippen molar-refractivity contribution >= 4 is 62.6 Å². The Balaban J connectivity index is 1.56. The van der Waals surface area contributed by atoms with Crippen LogP contribution in [0.1, 0.15) is 17.0 Å². The summed E-state index contributed by atoms with van der Waals surface area (Å²) in [6, 6.07) is 21.2. The molecule has 4 aromatic rings. The van der Waals surface area contributed by atoms with Crippen molar-refractivity contribution in [2.45, 2.75) is 18.7 Å². The number of nitrogens with zero attached hydrogens (tertiary/aromatic N) is 3. The van der Waals surface area contributed by atoms with Crippen LogP contribution in [0.3, 0.4) is 0 Å². The second-order valence-electron chi connectivity index (χ2n) is 8.36. The van der Waals surface area contributed by atoms with Gasteiger partial charge in [0, 0.05) is 27.0 Å². The molecule has 1 N–H and O–H groups in total. The third-order valence-electron chi connectivity index (χ3n) is 5.73. The van der Waals surface area contributed by atoms with Crippen LogP contribution in [0.5, 0.6) is 0 Å². The summed E-state index contributed by atoms with van der Waals surface area (Å²) < 4.78 is 29.7. The van der Waals surface area contributed by atoms with Crippen LogP contribution in [0.25, 0.3) is 5.69 Å². The highest BCUT2D eigenvalue weighted by atomic mass is 35.5. The number of aromatic nitrogens is 1. The highest BCUT2D eigenvalue weighted by Crippen LogP contribution is 2.29. The summed E-state index contributed by atoms with van der Waals surface area (Å²) in [4.78, 5) is 12.9. The second-order valence-corrected chi connectivity index (χ2v) is 11.5. The lowest BCUT2D eigenvalue weighted by Gasteiger charge is -2.23. The maximum Gasteiger partial charge on any atom is 0.264 e. The summed E-state index contributed by atoms with van der Waals surface area (Å²) in [5.41, 5.74) is 5.85. The minimum Gasteiger partial charge on any atom is -0.316 e. The zero-order valence-electron chi connectivity index (χ0n) is 20.4. The molecule has 0 atom stereocenters. The van der Waals surface area contributed by atoms with Gasteiger partial charge in [0.2, 0.25) is 0 Å². The highest BCUT2D eigenvalue weighted by molar-refractivity contribution is 7.92. The van der Waals surface area contributed by atoms with E-state index in [4.69, 9.17) is 34.8 Å². The number of aryl methyl sites for hydroxylation is 1. The van der Waals surface area contributed by atoms with Crippen molar-refractivity contribution in [2.24, 2.45) is 5.10 Å². The Kier molecular flexibility index (Phi) is 8.47. The van der Waals surface area contributed by atoms with E-state index in [0.717, 1.165) is 26.9 Å². The number of anilines is 1. The number of hydrazone groups is 1. The molecule has 1 heterocycles. The van der Waals surface area contributed by atoms with Crippen LogP contribution in [0.4, 0.5) is 5.69 Å². The number of hydrogen-bond donors (Lipinski definition) is 1. The summed E-state index contributed by atoms with van der Waals surface area (Å²) in [6.45, 7) is 3.30. The fourth-order valence-electron chi connectivity index (χ4n) is 3.95. The molecule has 38 heavy (non-hydrogen) atoms. The molecule has 0 aliphatic rings. The quantitative estimate of drug-likeness (QED) is 0.191. The van der Waals surface area contributed by atoms with Gasteiger partial charge in [0.25, 0.3) is 15.9 Å². The van der Waals surface area contributed by atoms with Gasteiger partial charge in [0.05, 0.1) is 27.5 Å². The summed E-state index contributed by atoms with van der Waals surface area (Å²) in [6.07, 6.45) is 1.49. The number of rotatable bonds is 8. The van der Waals surface area contributed by atoms with Crippen molar-refractivity contribution in [3.8, 4) is 5.69 Å². The third kappa shape index (κ3) is 6.05. The van der Waals surface area contributed by atoms with Crippen molar-refractivity contribution in [1.29, 1.82) is 0 Å². The normalized spacial score (nSPS) is 11.6. The van der Waals surface area contributed by atoms with Crippen LogP contribution >= 0.6 is 34.8 Å². The summed E-state index contributed by atoms with van der Waals surface area (Å²) in [5, 5.41) is 5.49. The fraction of sp³-hybridized carbons (Fsp3) is 0.111. The van der Waals surface area contributed by atoms with Gasteiger partial charge in [-0.2, -0.15) is 5.10 Å². The predicted octanol–water partition coefficient (Wildman–Crippen LogP) is 6.40. The molecule has 4 rings (SSSR count). The van der Waals surface area contributed by atoms with Gasteiger partial charge in [-0.05, 0) is 68.4 Å². The first-order valence-electron chi connectivity index (χ1n) is 11.4. The number of sulfonamides is 1. The molecule has 7 nitrogen and oxygen atoms in total. The largest absolute Gasteiger partial charge is 0.316 e. The van der Waals surface area contributed by atoms with Crippen LogP contribution in [0, 0.1) is 13.8 Å². The van der Waals surface area contributed by atoms with Crippen LogP contribution < -0.4 is 9.73 Å². The van der Waals surface area contributed by atoms with Gasteiger partial charge in [-0.3, -0.25) is 9.10 Å². The van der Waals surface area contributed by atoms with E-state index < -0.39 is 22.5 Å². The molecule has 3 aromatic carbocycles. The van der Waals surface area contributed by atoms with Gasteiger partial charge in [-0.25, -0.2) is 13.8 Å². The molecule has 0 aliphatic heterocycles. The monoisotopic (exact) mass is 588 g/mol. The molecular weight excluding hydrogens is 567 g/mol. The molecule has 1 amide bonds. The van der Waals surface area contributed by atoms with Gasteiger partial charge in [-0.15, -0.1) is 0 Å². The molecule has 1 aromatic heterocycles. The number of amides is 1. The average molecular weight is 590 g/mol. The first-order chi connectivity index (χ1) is 18.1. The lowest BCUT2D eigenvalue weighted by Crippen LogP contribution is -2.39. The number of nitrogens with one attached hydrogen (secondary N) is 1. The molecule has 0 bridgehead atoms. The predicted molar refractivity (Wildman–Crippen MR) is 153 cm³/mol. The van der Waals surface area contributed by atoms with E-state index in [2.05, 4.69) is 10.5 Å².